The van der Waals surface area contributed by atoms with Crippen LogP contribution in [0.4, 0.5) is 23.5 Å². The van der Waals surface area contributed by atoms with Crippen molar-refractivity contribution in [2.45, 2.75) is 26.2 Å². The Hall–Kier alpha value is -4.54. The zero-order valence-electron chi connectivity index (χ0n) is 20.2. The molecule has 0 spiro atoms. The number of benzene rings is 3. The first kappa shape index (κ1) is 26.5. The Morgan fingerprint density at radius 2 is 1.66 bits per heavy atom. The number of halogens is 4. The zero-order valence-corrected chi connectivity index (χ0v) is 20.2. The lowest BCUT2D eigenvalue weighted by Crippen LogP contribution is -2.23. The van der Waals surface area contributed by atoms with Gasteiger partial charge in [-0.1, -0.05) is 42.5 Å². The highest BCUT2D eigenvalue weighted by Crippen LogP contribution is 2.24. The van der Waals surface area contributed by atoms with E-state index in [0.717, 1.165) is 11.1 Å². The molecule has 3 aromatic carbocycles. The van der Waals surface area contributed by atoms with Crippen molar-refractivity contribution in [1.29, 1.82) is 0 Å². The number of carbonyl (C=O) groups is 1. The number of rotatable bonds is 9. The molecule has 1 aromatic heterocycles. The molecule has 0 aliphatic rings. The van der Waals surface area contributed by atoms with Crippen LogP contribution in [0.2, 0.25) is 0 Å². The fourth-order valence-electron chi connectivity index (χ4n) is 3.46. The molecule has 1 amide bonds. The molecule has 38 heavy (non-hydrogen) atoms. The lowest BCUT2D eigenvalue weighted by atomic mass is 10.0. The molecule has 0 unspecified atom stereocenters. The van der Waals surface area contributed by atoms with Crippen LogP contribution in [0, 0.1) is 12.7 Å². The Morgan fingerprint density at radius 3 is 2.34 bits per heavy atom. The Bertz CT molecular complexity index is 1400. The van der Waals surface area contributed by atoms with Gasteiger partial charge in [0.15, 0.2) is 12.4 Å². The standard InChI is InChI=1S/C27H23F4N5O2/c1-17-13-20(9-10-21(17)15-32-24(37)19-5-3-2-4-6-19)23-34-25(33-14-18-7-11-22(28)12-8-18)36-26(35-23)38-16-27(29,30)31/h2-13H,14-16H2,1H3,(H,32,37)(H,33,34,35,36). The second-order valence-corrected chi connectivity index (χ2v) is 8.34. The molecule has 1 heterocycles. The highest BCUT2D eigenvalue weighted by Gasteiger charge is 2.29. The van der Waals surface area contributed by atoms with Crippen molar-refractivity contribution in [3.8, 4) is 17.4 Å². The maximum absolute atomic E-state index is 13.2. The van der Waals surface area contributed by atoms with Gasteiger partial charge in [-0.3, -0.25) is 4.79 Å². The largest absolute Gasteiger partial charge is 0.454 e. The molecule has 7 nitrogen and oxygen atoms in total. The minimum atomic E-state index is -4.57. The van der Waals surface area contributed by atoms with Gasteiger partial charge < -0.3 is 15.4 Å². The molecular weight excluding hydrogens is 502 g/mol. The van der Waals surface area contributed by atoms with Crippen LogP contribution in [-0.2, 0) is 13.1 Å². The minimum absolute atomic E-state index is 0.00615. The molecule has 0 atom stereocenters. The number of nitrogens with one attached hydrogen (secondary N) is 2. The Morgan fingerprint density at radius 1 is 0.921 bits per heavy atom. The minimum Gasteiger partial charge on any atom is -0.454 e. The van der Waals surface area contributed by atoms with Crippen LogP contribution < -0.4 is 15.4 Å². The Labute approximate surface area is 215 Å². The third kappa shape index (κ3) is 7.48. The molecule has 4 aromatic rings. The summed E-state index contributed by atoms with van der Waals surface area (Å²) in [4.78, 5) is 24.7. The van der Waals surface area contributed by atoms with E-state index in [0.29, 0.717) is 16.7 Å². The fraction of sp³-hybridized carbons (Fsp3) is 0.185. The molecule has 0 fully saturated rings. The molecular formula is C27H23F4N5O2. The van der Waals surface area contributed by atoms with Gasteiger partial charge in [0, 0.05) is 24.2 Å². The molecule has 196 valence electrons. The maximum atomic E-state index is 13.2. The quantitative estimate of drug-likeness (QED) is 0.282. The second-order valence-electron chi connectivity index (χ2n) is 8.34. The highest BCUT2D eigenvalue weighted by molar-refractivity contribution is 5.94. The van der Waals surface area contributed by atoms with Gasteiger partial charge in [0.05, 0.1) is 0 Å². The molecule has 0 aliphatic heterocycles. The van der Waals surface area contributed by atoms with Crippen molar-refractivity contribution in [3.63, 3.8) is 0 Å². The van der Waals surface area contributed by atoms with E-state index >= 15 is 0 Å². The third-order valence-electron chi connectivity index (χ3n) is 5.42. The second kappa shape index (κ2) is 11.7. The van der Waals surface area contributed by atoms with E-state index in [4.69, 9.17) is 4.74 Å². The van der Waals surface area contributed by atoms with E-state index in [2.05, 4.69) is 25.6 Å². The number of hydrogen-bond donors (Lipinski definition) is 2. The molecule has 0 bridgehead atoms. The third-order valence-corrected chi connectivity index (χ3v) is 5.42. The normalized spacial score (nSPS) is 11.2. The number of ether oxygens (including phenoxy) is 1. The van der Waals surface area contributed by atoms with Gasteiger partial charge in [-0.05, 0) is 53.9 Å². The van der Waals surface area contributed by atoms with E-state index in [1.165, 1.54) is 12.1 Å². The van der Waals surface area contributed by atoms with Crippen molar-refractivity contribution in [1.82, 2.24) is 20.3 Å². The summed E-state index contributed by atoms with van der Waals surface area (Å²) in [5, 5.41) is 5.77. The van der Waals surface area contributed by atoms with Gasteiger partial charge >= 0.3 is 12.2 Å². The van der Waals surface area contributed by atoms with Gasteiger partial charge in [-0.25, -0.2) is 4.39 Å². The van der Waals surface area contributed by atoms with E-state index in [1.54, 1.807) is 54.6 Å². The number of aryl methyl sites for hydroxylation is 1. The number of carbonyl (C=O) groups excluding carboxylic acids is 1. The Kier molecular flexibility index (Phi) is 8.15. The number of alkyl halides is 3. The summed E-state index contributed by atoms with van der Waals surface area (Å²) >= 11 is 0. The molecule has 4 rings (SSSR count). The fourth-order valence-corrected chi connectivity index (χ4v) is 3.46. The zero-order chi connectivity index (χ0) is 27.1. The van der Waals surface area contributed by atoms with Crippen LogP contribution in [0.3, 0.4) is 0 Å². The van der Waals surface area contributed by atoms with Crippen molar-refractivity contribution in [2.75, 3.05) is 11.9 Å². The maximum Gasteiger partial charge on any atom is 0.422 e. The van der Waals surface area contributed by atoms with Crippen LogP contribution in [0.25, 0.3) is 11.4 Å². The van der Waals surface area contributed by atoms with Crippen LogP contribution in [-0.4, -0.2) is 33.6 Å². The van der Waals surface area contributed by atoms with Crippen molar-refractivity contribution < 1.29 is 27.1 Å². The molecule has 0 saturated carbocycles. The average molecular weight is 526 g/mol. The van der Waals surface area contributed by atoms with E-state index in [9.17, 15) is 22.4 Å². The SMILES string of the molecule is Cc1cc(-c2nc(NCc3ccc(F)cc3)nc(OCC(F)(F)F)n2)ccc1CNC(=O)c1ccccc1. The monoisotopic (exact) mass is 525 g/mol. The van der Waals surface area contributed by atoms with Crippen molar-refractivity contribution in [2.24, 2.45) is 0 Å². The smallest absolute Gasteiger partial charge is 0.422 e. The summed E-state index contributed by atoms with van der Waals surface area (Å²) in [6.07, 6.45) is -4.57. The summed E-state index contributed by atoms with van der Waals surface area (Å²) in [6, 6.07) is 19.3. The topological polar surface area (TPSA) is 89.0 Å². The number of nitrogens with zero attached hydrogens (tertiary/aromatic N) is 3. The highest BCUT2D eigenvalue weighted by atomic mass is 19.4. The van der Waals surface area contributed by atoms with Gasteiger partial charge in [0.2, 0.25) is 5.95 Å². The molecule has 0 saturated heterocycles. The summed E-state index contributed by atoms with van der Waals surface area (Å²) in [5.41, 5.74) is 3.43. The molecule has 11 heteroatoms. The van der Waals surface area contributed by atoms with E-state index < -0.39 is 24.6 Å². The number of aromatic nitrogens is 3. The van der Waals surface area contributed by atoms with Crippen LogP contribution in [0.15, 0.2) is 72.8 Å². The summed E-state index contributed by atoms with van der Waals surface area (Å²) in [7, 11) is 0. The molecule has 0 aliphatic carbocycles. The van der Waals surface area contributed by atoms with Crippen molar-refractivity contribution in [3.05, 3.63) is 101 Å². The number of anilines is 1. The van der Waals surface area contributed by atoms with Crippen LogP contribution in [0.1, 0.15) is 27.0 Å². The first-order chi connectivity index (χ1) is 18.2. The van der Waals surface area contributed by atoms with Gasteiger partial charge in [0.25, 0.3) is 5.91 Å². The number of amides is 1. The Balaban J connectivity index is 1.53. The first-order valence-corrected chi connectivity index (χ1v) is 11.5. The van der Waals surface area contributed by atoms with Gasteiger partial charge in [-0.2, -0.15) is 28.1 Å². The predicted molar refractivity (Wildman–Crippen MR) is 133 cm³/mol. The average Bonchev–Trinajstić information content (AvgIpc) is 2.91. The lowest BCUT2D eigenvalue weighted by molar-refractivity contribution is -0.154. The van der Waals surface area contributed by atoms with E-state index in [-0.39, 0.29) is 30.8 Å². The van der Waals surface area contributed by atoms with Crippen LogP contribution in [0.5, 0.6) is 6.01 Å². The molecule has 2 N–H and O–H groups in total. The lowest BCUT2D eigenvalue weighted by Gasteiger charge is -2.13. The van der Waals surface area contributed by atoms with Crippen LogP contribution >= 0.6 is 0 Å². The summed E-state index contributed by atoms with van der Waals surface area (Å²) in [5.74, 6) is -0.512. The summed E-state index contributed by atoms with van der Waals surface area (Å²) < 4.78 is 56.1. The summed E-state index contributed by atoms with van der Waals surface area (Å²) in [6.45, 7) is 0.749. The predicted octanol–water partition coefficient (Wildman–Crippen LogP) is 5.47. The molecule has 0 radical (unpaired) electrons. The van der Waals surface area contributed by atoms with Gasteiger partial charge in [0.1, 0.15) is 5.82 Å². The number of hydrogen-bond acceptors (Lipinski definition) is 6. The van der Waals surface area contributed by atoms with Gasteiger partial charge in [-0.15, -0.1) is 0 Å². The van der Waals surface area contributed by atoms with Crippen molar-refractivity contribution >= 4 is 11.9 Å². The first-order valence-electron chi connectivity index (χ1n) is 11.5. The van der Waals surface area contributed by atoms with E-state index in [1.807, 2.05) is 13.0 Å².